The third-order valence-electron chi connectivity index (χ3n) is 3.11. The van der Waals surface area contributed by atoms with Gasteiger partial charge in [-0.25, -0.2) is 9.59 Å². The van der Waals surface area contributed by atoms with E-state index in [4.69, 9.17) is 10.2 Å². The minimum absolute atomic E-state index is 0.0125. The van der Waals surface area contributed by atoms with Gasteiger partial charge >= 0.3 is 12.0 Å². The van der Waals surface area contributed by atoms with Crippen molar-refractivity contribution in [3.63, 3.8) is 0 Å². The highest BCUT2D eigenvalue weighted by molar-refractivity contribution is 7.10. The maximum absolute atomic E-state index is 12.0. The predicted octanol–water partition coefficient (Wildman–Crippen LogP) is 0.651. The second kappa shape index (κ2) is 6.03. The number of urea groups is 1. The summed E-state index contributed by atoms with van der Waals surface area (Å²) in [5.74, 6) is -1.13. The van der Waals surface area contributed by atoms with Gasteiger partial charge in [0.1, 0.15) is 6.04 Å². The molecular weight excluding hydrogens is 268 g/mol. The highest BCUT2D eigenvalue weighted by Gasteiger charge is 2.25. The Bertz CT molecular complexity index is 474. The van der Waals surface area contributed by atoms with E-state index in [1.165, 1.54) is 4.88 Å². The number of fused-ring (bicyclic) bond motifs is 1. The van der Waals surface area contributed by atoms with Crippen molar-refractivity contribution < 1.29 is 19.8 Å². The molecule has 104 valence electrons. The average Bonchev–Trinajstić information content (AvgIpc) is 2.85. The van der Waals surface area contributed by atoms with E-state index < -0.39 is 18.0 Å². The van der Waals surface area contributed by atoms with E-state index in [-0.39, 0.29) is 13.0 Å². The normalized spacial score (nSPS) is 15.7. The van der Waals surface area contributed by atoms with Gasteiger partial charge in [0.05, 0.1) is 0 Å². The summed E-state index contributed by atoms with van der Waals surface area (Å²) in [5, 5.41) is 22.2. The summed E-state index contributed by atoms with van der Waals surface area (Å²) in [7, 11) is 0. The maximum Gasteiger partial charge on any atom is 0.326 e. The van der Waals surface area contributed by atoms with Gasteiger partial charge < -0.3 is 20.4 Å². The van der Waals surface area contributed by atoms with E-state index in [0.29, 0.717) is 13.1 Å². The predicted molar refractivity (Wildman–Crippen MR) is 70.1 cm³/mol. The number of aliphatic carboxylic acids is 1. The van der Waals surface area contributed by atoms with Crippen LogP contribution < -0.4 is 5.32 Å². The number of rotatable bonds is 4. The number of carbonyl (C=O) groups is 2. The van der Waals surface area contributed by atoms with Gasteiger partial charge in [0.15, 0.2) is 0 Å². The van der Waals surface area contributed by atoms with Crippen molar-refractivity contribution in [2.75, 3.05) is 13.2 Å². The molecule has 1 aromatic rings. The monoisotopic (exact) mass is 284 g/mol. The van der Waals surface area contributed by atoms with Crippen molar-refractivity contribution in [1.82, 2.24) is 10.2 Å². The SMILES string of the molecule is O=C(O)[C@H](CCO)NC(=O)N1CCc2sccc2C1. The zero-order valence-corrected chi connectivity index (χ0v) is 11.2. The number of aliphatic hydroxyl groups excluding tert-OH is 1. The molecular formula is C12H16N2O4S. The van der Waals surface area contributed by atoms with Crippen LogP contribution in [0.5, 0.6) is 0 Å². The van der Waals surface area contributed by atoms with Gasteiger partial charge in [-0.15, -0.1) is 11.3 Å². The van der Waals surface area contributed by atoms with Gasteiger partial charge in [-0.3, -0.25) is 0 Å². The molecule has 1 aliphatic heterocycles. The fourth-order valence-electron chi connectivity index (χ4n) is 2.05. The van der Waals surface area contributed by atoms with Crippen LogP contribution in [0.25, 0.3) is 0 Å². The Morgan fingerprint density at radius 1 is 1.53 bits per heavy atom. The molecule has 0 fully saturated rings. The van der Waals surface area contributed by atoms with Crippen LogP contribution in [-0.4, -0.2) is 46.3 Å². The number of aliphatic hydroxyl groups is 1. The lowest BCUT2D eigenvalue weighted by Gasteiger charge is -2.28. The summed E-state index contributed by atoms with van der Waals surface area (Å²) in [6.45, 7) is 0.826. The van der Waals surface area contributed by atoms with Crippen molar-refractivity contribution in [3.8, 4) is 0 Å². The summed E-state index contributed by atoms with van der Waals surface area (Å²) < 4.78 is 0. The van der Waals surface area contributed by atoms with Gasteiger partial charge in [-0.05, 0) is 23.4 Å². The molecule has 6 nitrogen and oxygen atoms in total. The average molecular weight is 284 g/mol. The van der Waals surface area contributed by atoms with Crippen LogP contribution in [0.15, 0.2) is 11.4 Å². The summed E-state index contributed by atoms with van der Waals surface area (Å²) in [6, 6.07) is 0.557. The number of nitrogens with zero attached hydrogens (tertiary/aromatic N) is 1. The third-order valence-corrected chi connectivity index (χ3v) is 4.13. The largest absolute Gasteiger partial charge is 0.480 e. The van der Waals surface area contributed by atoms with Crippen molar-refractivity contribution in [2.24, 2.45) is 0 Å². The van der Waals surface area contributed by atoms with Crippen LogP contribution in [0.2, 0.25) is 0 Å². The highest BCUT2D eigenvalue weighted by Crippen LogP contribution is 2.23. The molecule has 1 aromatic heterocycles. The van der Waals surface area contributed by atoms with E-state index in [1.54, 1.807) is 16.2 Å². The maximum atomic E-state index is 12.0. The van der Waals surface area contributed by atoms with Crippen LogP contribution in [0.1, 0.15) is 16.9 Å². The Morgan fingerprint density at radius 2 is 2.32 bits per heavy atom. The zero-order chi connectivity index (χ0) is 13.8. The number of nitrogens with one attached hydrogen (secondary N) is 1. The van der Waals surface area contributed by atoms with E-state index in [2.05, 4.69) is 5.32 Å². The molecule has 2 amide bonds. The van der Waals surface area contributed by atoms with Crippen LogP contribution in [0.3, 0.4) is 0 Å². The van der Waals surface area contributed by atoms with E-state index in [9.17, 15) is 9.59 Å². The number of hydrogen-bond acceptors (Lipinski definition) is 4. The van der Waals surface area contributed by atoms with E-state index in [1.807, 2.05) is 11.4 Å². The molecule has 3 N–H and O–H groups in total. The molecule has 0 aliphatic carbocycles. The van der Waals surface area contributed by atoms with Crippen molar-refractivity contribution in [1.29, 1.82) is 0 Å². The Kier molecular flexibility index (Phi) is 4.39. The molecule has 0 unspecified atom stereocenters. The van der Waals surface area contributed by atoms with E-state index >= 15 is 0 Å². The molecule has 7 heteroatoms. The van der Waals surface area contributed by atoms with Gasteiger partial charge in [0, 0.05) is 31.0 Å². The molecule has 0 saturated carbocycles. The second-order valence-electron chi connectivity index (χ2n) is 4.39. The fourth-order valence-corrected chi connectivity index (χ4v) is 2.94. The first-order valence-corrected chi connectivity index (χ1v) is 6.94. The lowest BCUT2D eigenvalue weighted by Crippen LogP contribution is -2.49. The molecule has 19 heavy (non-hydrogen) atoms. The molecule has 2 heterocycles. The summed E-state index contributed by atoms with van der Waals surface area (Å²) in [4.78, 5) is 25.8. The standard InChI is InChI=1S/C12H16N2O4S/c15-5-2-9(11(16)17)13-12(18)14-4-1-10-8(7-14)3-6-19-10/h3,6,9,15H,1-2,4-5,7H2,(H,13,18)(H,16,17)/t9-/m0/s1. The van der Waals surface area contributed by atoms with Crippen LogP contribution in [-0.2, 0) is 17.8 Å². The quantitative estimate of drug-likeness (QED) is 0.757. The Balaban J connectivity index is 1.95. The summed E-state index contributed by atoms with van der Waals surface area (Å²) in [5.41, 5.74) is 1.13. The van der Waals surface area contributed by atoms with Crippen molar-refractivity contribution >= 4 is 23.3 Å². The number of carboxylic acid groups (broad SMARTS) is 1. The van der Waals surface area contributed by atoms with Crippen molar-refractivity contribution in [2.45, 2.75) is 25.4 Å². The van der Waals surface area contributed by atoms with Crippen LogP contribution >= 0.6 is 11.3 Å². The first-order chi connectivity index (χ1) is 9.11. The summed E-state index contributed by atoms with van der Waals surface area (Å²) >= 11 is 1.68. The first kappa shape index (κ1) is 13.8. The molecule has 0 radical (unpaired) electrons. The molecule has 2 rings (SSSR count). The topological polar surface area (TPSA) is 89.9 Å². The lowest BCUT2D eigenvalue weighted by molar-refractivity contribution is -0.139. The molecule has 1 atom stereocenters. The number of carboxylic acids is 1. The Morgan fingerprint density at radius 3 is 3.00 bits per heavy atom. The van der Waals surface area contributed by atoms with Crippen LogP contribution in [0, 0.1) is 0 Å². The molecule has 0 spiro atoms. The number of amides is 2. The minimum atomic E-state index is -1.13. The summed E-state index contributed by atoms with van der Waals surface area (Å²) in [6.07, 6.45) is 0.816. The van der Waals surface area contributed by atoms with Gasteiger partial charge in [-0.2, -0.15) is 0 Å². The Hall–Kier alpha value is -1.60. The van der Waals surface area contributed by atoms with E-state index in [0.717, 1.165) is 12.0 Å². The second-order valence-corrected chi connectivity index (χ2v) is 5.39. The number of thiophene rings is 1. The first-order valence-electron chi connectivity index (χ1n) is 6.06. The van der Waals surface area contributed by atoms with Gasteiger partial charge in [-0.1, -0.05) is 0 Å². The van der Waals surface area contributed by atoms with Crippen LogP contribution in [0.4, 0.5) is 4.79 Å². The number of carbonyl (C=O) groups excluding carboxylic acids is 1. The van der Waals surface area contributed by atoms with Gasteiger partial charge in [0.2, 0.25) is 0 Å². The highest BCUT2D eigenvalue weighted by atomic mass is 32.1. The molecule has 1 aliphatic rings. The number of hydrogen-bond donors (Lipinski definition) is 3. The smallest absolute Gasteiger partial charge is 0.326 e. The fraction of sp³-hybridized carbons (Fsp3) is 0.500. The molecule has 0 bridgehead atoms. The Labute approximate surface area is 114 Å². The lowest BCUT2D eigenvalue weighted by atomic mass is 10.1. The van der Waals surface area contributed by atoms with Crippen molar-refractivity contribution in [3.05, 3.63) is 21.9 Å². The zero-order valence-electron chi connectivity index (χ0n) is 10.3. The minimum Gasteiger partial charge on any atom is -0.480 e. The van der Waals surface area contributed by atoms with Gasteiger partial charge in [0.25, 0.3) is 0 Å². The molecule has 0 aromatic carbocycles. The molecule has 0 saturated heterocycles. The third kappa shape index (κ3) is 3.24.